The average Bonchev–Trinajstić information content (AvgIpc) is 2.67. The van der Waals surface area contributed by atoms with E-state index in [0.717, 1.165) is 35.0 Å². The minimum absolute atomic E-state index is 0.235. The van der Waals surface area contributed by atoms with Crippen LogP contribution in [0.1, 0.15) is 55.0 Å². The van der Waals surface area contributed by atoms with Crippen molar-refractivity contribution in [2.24, 2.45) is 0 Å². The predicted octanol–water partition coefficient (Wildman–Crippen LogP) is 2.86. The Hall–Kier alpha value is -1.91. The molecule has 2 heterocycles. The number of aryl methyl sites for hydroxylation is 1. The lowest BCUT2D eigenvalue weighted by Gasteiger charge is -2.13. The van der Waals surface area contributed by atoms with Crippen molar-refractivity contribution in [3.05, 3.63) is 28.3 Å². The molecule has 108 valence electrons. The number of nitrogens with zero attached hydrogens (tertiary/aromatic N) is 4. The highest BCUT2D eigenvalue weighted by atomic mass is 15.3. The van der Waals surface area contributed by atoms with Gasteiger partial charge in [-0.15, -0.1) is 0 Å². The SMILES string of the molecule is CCc1c(C)nn(-c2nc(C(C)C)nc(N)c2C)c1C. The molecule has 0 fully saturated rings. The van der Waals surface area contributed by atoms with Gasteiger partial charge in [0.2, 0.25) is 0 Å². The predicted molar refractivity (Wildman–Crippen MR) is 81.2 cm³/mol. The van der Waals surface area contributed by atoms with E-state index in [1.807, 2.05) is 18.5 Å². The summed E-state index contributed by atoms with van der Waals surface area (Å²) >= 11 is 0. The summed E-state index contributed by atoms with van der Waals surface area (Å²) in [4.78, 5) is 9.02. The van der Waals surface area contributed by atoms with Crippen molar-refractivity contribution in [3.8, 4) is 5.82 Å². The van der Waals surface area contributed by atoms with Crippen LogP contribution in [0.15, 0.2) is 0 Å². The van der Waals surface area contributed by atoms with Crippen molar-refractivity contribution in [2.45, 2.75) is 53.9 Å². The minimum atomic E-state index is 0.235. The van der Waals surface area contributed by atoms with Gasteiger partial charge in [0.05, 0.1) is 5.69 Å². The summed E-state index contributed by atoms with van der Waals surface area (Å²) in [6.07, 6.45) is 0.967. The van der Waals surface area contributed by atoms with Crippen molar-refractivity contribution >= 4 is 5.82 Å². The molecule has 20 heavy (non-hydrogen) atoms. The van der Waals surface area contributed by atoms with Crippen LogP contribution in [0.5, 0.6) is 0 Å². The summed E-state index contributed by atoms with van der Waals surface area (Å²) in [5.74, 6) is 2.32. The largest absolute Gasteiger partial charge is 0.383 e. The van der Waals surface area contributed by atoms with Gasteiger partial charge in [0.25, 0.3) is 0 Å². The van der Waals surface area contributed by atoms with E-state index >= 15 is 0 Å². The quantitative estimate of drug-likeness (QED) is 0.933. The Balaban J connectivity index is 2.69. The van der Waals surface area contributed by atoms with Crippen LogP contribution < -0.4 is 5.73 Å². The summed E-state index contributed by atoms with van der Waals surface area (Å²) in [7, 11) is 0. The molecule has 2 N–H and O–H groups in total. The molecule has 0 aliphatic carbocycles. The average molecular weight is 273 g/mol. The van der Waals surface area contributed by atoms with Crippen molar-refractivity contribution in [1.82, 2.24) is 19.7 Å². The third kappa shape index (κ3) is 2.28. The lowest BCUT2D eigenvalue weighted by atomic mass is 10.1. The third-order valence-corrected chi connectivity index (χ3v) is 3.69. The molecule has 0 aliphatic heterocycles. The van der Waals surface area contributed by atoms with E-state index in [-0.39, 0.29) is 5.92 Å². The molecule has 0 atom stereocenters. The Labute approximate surface area is 120 Å². The topological polar surface area (TPSA) is 69.6 Å². The monoisotopic (exact) mass is 273 g/mol. The molecule has 0 radical (unpaired) electrons. The number of hydrogen-bond acceptors (Lipinski definition) is 4. The Kier molecular flexibility index (Phi) is 3.79. The molecule has 5 nitrogen and oxygen atoms in total. The summed E-state index contributed by atoms with van der Waals surface area (Å²) in [5.41, 5.74) is 10.4. The van der Waals surface area contributed by atoms with Crippen LogP contribution in [0.3, 0.4) is 0 Å². The first-order valence-electron chi connectivity index (χ1n) is 7.06. The van der Waals surface area contributed by atoms with Gasteiger partial charge in [-0.05, 0) is 32.8 Å². The Morgan fingerprint density at radius 3 is 2.30 bits per heavy atom. The van der Waals surface area contributed by atoms with Crippen molar-refractivity contribution in [1.29, 1.82) is 0 Å². The lowest BCUT2D eigenvalue weighted by Crippen LogP contribution is -2.12. The number of aromatic nitrogens is 4. The maximum absolute atomic E-state index is 6.03. The lowest BCUT2D eigenvalue weighted by molar-refractivity contribution is 0.732. The van der Waals surface area contributed by atoms with Gasteiger partial charge in [-0.3, -0.25) is 0 Å². The minimum Gasteiger partial charge on any atom is -0.383 e. The zero-order valence-corrected chi connectivity index (χ0v) is 13.2. The fourth-order valence-electron chi connectivity index (χ4n) is 2.40. The Bertz CT molecular complexity index is 640. The third-order valence-electron chi connectivity index (χ3n) is 3.69. The molecule has 0 amide bonds. The number of hydrogen-bond donors (Lipinski definition) is 1. The van der Waals surface area contributed by atoms with Crippen LogP contribution in [-0.2, 0) is 6.42 Å². The smallest absolute Gasteiger partial charge is 0.162 e. The molecular weight excluding hydrogens is 250 g/mol. The molecule has 2 aromatic rings. The van der Waals surface area contributed by atoms with E-state index in [1.165, 1.54) is 5.56 Å². The van der Waals surface area contributed by atoms with E-state index in [4.69, 9.17) is 5.73 Å². The molecule has 2 rings (SSSR count). The van der Waals surface area contributed by atoms with Gasteiger partial charge >= 0.3 is 0 Å². The fourth-order valence-corrected chi connectivity index (χ4v) is 2.40. The maximum atomic E-state index is 6.03. The molecule has 0 spiro atoms. The van der Waals surface area contributed by atoms with Crippen molar-refractivity contribution in [2.75, 3.05) is 5.73 Å². The van der Waals surface area contributed by atoms with Gasteiger partial charge in [-0.2, -0.15) is 5.10 Å². The van der Waals surface area contributed by atoms with Crippen LogP contribution in [-0.4, -0.2) is 19.7 Å². The van der Waals surface area contributed by atoms with E-state index in [0.29, 0.717) is 5.82 Å². The maximum Gasteiger partial charge on any atom is 0.162 e. The molecule has 0 unspecified atom stereocenters. The van der Waals surface area contributed by atoms with Crippen molar-refractivity contribution in [3.63, 3.8) is 0 Å². The second-order valence-corrected chi connectivity index (χ2v) is 5.49. The van der Waals surface area contributed by atoms with E-state index in [1.54, 1.807) is 0 Å². The number of nitrogen functional groups attached to an aromatic ring is 1. The van der Waals surface area contributed by atoms with Crippen LogP contribution in [0.25, 0.3) is 5.82 Å². The summed E-state index contributed by atoms with van der Waals surface area (Å²) in [6, 6.07) is 0. The number of anilines is 1. The highest BCUT2D eigenvalue weighted by Crippen LogP contribution is 2.23. The normalized spacial score (nSPS) is 11.3. The first-order chi connectivity index (χ1) is 9.36. The molecule has 0 bridgehead atoms. The van der Waals surface area contributed by atoms with Gasteiger partial charge in [0.15, 0.2) is 5.82 Å². The zero-order chi connectivity index (χ0) is 15.0. The molecule has 0 aliphatic rings. The second kappa shape index (κ2) is 5.23. The summed E-state index contributed by atoms with van der Waals surface area (Å²) in [5, 5.41) is 4.62. The molecule has 5 heteroatoms. The summed E-state index contributed by atoms with van der Waals surface area (Å²) in [6.45, 7) is 12.3. The van der Waals surface area contributed by atoms with Crippen LogP contribution in [0, 0.1) is 20.8 Å². The van der Waals surface area contributed by atoms with Crippen molar-refractivity contribution < 1.29 is 0 Å². The molecule has 2 aromatic heterocycles. The molecule has 0 aromatic carbocycles. The highest BCUT2D eigenvalue weighted by molar-refractivity contribution is 5.49. The summed E-state index contributed by atoms with van der Waals surface area (Å²) < 4.78 is 1.90. The highest BCUT2D eigenvalue weighted by Gasteiger charge is 2.17. The first kappa shape index (κ1) is 14.5. The van der Waals surface area contributed by atoms with Gasteiger partial charge in [0, 0.05) is 17.2 Å². The van der Waals surface area contributed by atoms with Gasteiger partial charge < -0.3 is 5.73 Å². The van der Waals surface area contributed by atoms with Crippen LogP contribution in [0.4, 0.5) is 5.82 Å². The Morgan fingerprint density at radius 2 is 1.80 bits per heavy atom. The zero-order valence-electron chi connectivity index (χ0n) is 13.2. The van der Waals surface area contributed by atoms with E-state index < -0.39 is 0 Å². The molecular formula is C15H23N5. The van der Waals surface area contributed by atoms with Gasteiger partial charge in [-0.25, -0.2) is 14.6 Å². The molecule has 0 saturated heterocycles. The van der Waals surface area contributed by atoms with Gasteiger partial charge in [-0.1, -0.05) is 20.8 Å². The first-order valence-corrected chi connectivity index (χ1v) is 7.06. The fraction of sp³-hybridized carbons (Fsp3) is 0.533. The van der Waals surface area contributed by atoms with Crippen LogP contribution >= 0.6 is 0 Å². The number of nitrogens with two attached hydrogens (primary N) is 1. The van der Waals surface area contributed by atoms with E-state index in [9.17, 15) is 0 Å². The Morgan fingerprint density at radius 1 is 1.15 bits per heavy atom. The van der Waals surface area contributed by atoms with E-state index in [2.05, 4.69) is 42.8 Å². The molecule has 0 saturated carbocycles. The van der Waals surface area contributed by atoms with Gasteiger partial charge in [0.1, 0.15) is 11.6 Å². The number of rotatable bonds is 3. The standard InChI is InChI=1S/C15H23N5/c1-7-12-10(5)19-20(11(12)6)15-9(4)13(16)17-14(18-15)8(2)3/h8H,7H2,1-6H3,(H2,16,17,18). The van der Waals surface area contributed by atoms with Crippen LogP contribution in [0.2, 0.25) is 0 Å². The second-order valence-electron chi connectivity index (χ2n) is 5.49.